The molecule has 4 heterocycles. The Morgan fingerprint density at radius 3 is 2.60 bits per heavy atom. The minimum Gasteiger partial charge on any atom is -0.505 e. The van der Waals surface area contributed by atoms with E-state index in [9.17, 15) is 19.1 Å². The molecule has 13 heteroatoms. The number of benzene rings is 2. The van der Waals surface area contributed by atoms with Gasteiger partial charge in [-0.2, -0.15) is 0 Å². The number of hydrogen-bond donors (Lipinski definition) is 1. The van der Waals surface area contributed by atoms with Gasteiger partial charge in [0.25, 0.3) is 5.78 Å². The number of ketones is 1. The number of carbonyl (C=O) groups is 2. The fourth-order valence-corrected chi connectivity index (χ4v) is 7.23. The molecule has 1 aliphatic heterocycles. The molecule has 3 aromatic heterocycles. The molecule has 1 N–H and O–H groups in total. The summed E-state index contributed by atoms with van der Waals surface area (Å²) in [6, 6.07) is 14.0. The lowest BCUT2D eigenvalue weighted by Crippen LogP contribution is -2.29. The van der Waals surface area contributed by atoms with Gasteiger partial charge in [-0.3, -0.25) is 14.5 Å². The molecule has 1 fully saturated rings. The van der Waals surface area contributed by atoms with Crippen LogP contribution in [0, 0.1) is 19.7 Å². The lowest BCUT2D eigenvalue weighted by Gasteiger charge is -2.23. The van der Waals surface area contributed by atoms with Crippen molar-refractivity contribution in [1.29, 1.82) is 0 Å². The van der Waals surface area contributed by atoms with Crippen molar-refractivity contribution in [3.05, 3.63) is 100 Å². The molecule has 0 aliphatic carbocycles. The number of hydrogen-bond acceptors (Lipinski definition) is 10. The molecule has 5 aromatic rings. The van der Waals surface area contributed by atoms with E-state index >= 15 is 0 Å². The van der Waals surface area contributed by atoms with Crippen LogP contribution in [-0.2, 0) is 15.3 Å². The number of aryl methyl sites for hydroxylation is 2. The van der Waals surface area contributed by atoms with Crippen LogP contribution in [0.4, 0.5) is 9.52 Å². The molecule has 1 amide bonds. The van der Waals surface area contributed by atoms with Gasteiger partial charge in [0.2, 0.25) is 5.13 Å². The quantitative estimate of drug-likeness (QED) is 0.0393. The van der Waals surface area contributed by atoms with Gasteiger partial charge in [-0.15, -0.1) is 10.2 Å². The topological polar surface area (TPSA) is 119 Å². The SMILES string of the molecule is CCCCOc1ccc(C2/C(=C(\O)c3nc4c(C)cccn4c3C)C(=O)C(=O)N2c2nnc(SCc3ccc(F)cc3)s2)cc1OC. The molecular weight excluding hydrogens is 642 g/mol. The fraction of sp³-hybridized carbons (Fsp3) is 0.265. The van der Waals surface area contributed by atoms with E-state index in [1.807, 2.05) is 29.7 Å². The summed E-state index contributed by atoms with van der Waals surface area (Å²) in [5.74, 6) is -1.02. The number of nitrogens with zero attached hydrogens (tertiary/aromatic N) is 5. The molecule has 1 atom stereocenters. The number of aliphatic hydroxyl groups is 1. The molecule has 6 rings (SSSR count). The average molecular weight is 674 g/mol. The number of aliphatic hydroxyl groups excluding tert-OH is 1. The summed E-state index contributed by atoms with van der Waals surface area (Å²) in [6.45, 7) is 6.27. The van der Waals surface area contributed by atoms with E-state index in [0.717, 1.165) is 35.3 Å². The Hall–Kier alpha value is -4.75. The summed E-state index contributed by atoms with van der Waals surface area (Å²) in [5, 5.41) is 20.6. The number of aromatic nitrogens is 4. The number of halogens is 1. The molecular formula is C34H32FN5O5S2. The lowest BCUT2D eigenvalue weighted by molar-refractivity contribution is -0.132. The van der Waals surface area contributed by atoms with Crippen molar-refractivity contribution in [2.75, 3.05) is 18.6 Å². The summed E-state index contributed by atoms with van der Waals surface area (Å²) in [6.07, 6.45) is 3.65. The first-order valence-corrected chi connectivity index (χ1v) is 16.8. The van der Waals surface area contributed by atoms with E-state index in [-0.39, 0.29) is 22.2 Å². The highest BCUT2D eigenvalue weighted by molar-refractivity contribution is 8.00. The van der Waals surface area contributed by atoms with E-state index in [1.54, 1.807) is 37.3 Å². The van der Waals surface area contributed by atoms with Crippen molar-refractivity contribution in [2.45, 2.75) is 49.7 Å². The Kier molecular flexibility index (Phi) is 9.28. The van der Waals surface area contributed by atoms with Crippen LogP contribution < -0.4 is 14.4 Å². The van der Waals surface area contributed by atoms with Crippen LogP contribution in [0.1, 0.15) is 53.9 Å². The Labute approximate surface area is 278 Å². The van der Waals surface area contributed by atoms with Crippen molar-refractivity contribution >= 4 is 51.3 Å². The molecule has 0 spiro atoms. The van der Waals surface area contributed by atoms with Gasteiger partial charge in [-0.05, 0) is 67.3 Å². The number of pyridine rings is 1. The van der Waals surface area contributed by atoms with Crippen LogP contribution in [0.15, 0.2) is 70.7 Å². The molecule has 242 valence electrons. The number of ether oxygens (including phenoxy) is 2. The summed E-state index contributed by atoms with van der Waals surface area (Å²) in [4.78, 5) is 33.6. The molecule has 0 bridgehead atoms. The lowest BCUT2D eigenvalue weighted by atomic mass is 9.96. The molecule has 2 aromatic carbocycles. The number of Topliss-reactive ketones (excluding diaryl/α,β-unsaturated/α-hetero) is 1. The van der Waals surface area contributed by atoms with Crippen LogP contribution in [0.25, 0.3) is 11.4 Å². The van der Waals surface area contributed by atoms with Crippen molar-refractivity contribution in [1.82, 2.24) is 19.6 Å². The van der Waals surface area contributed by atoms with Gasteiger partial charge in [-0.1, -0.05) is 60.7 Å². The number of methoxy groups -OCH3 is 1. The van der Waals surface area contributed by atoms with Gasteiger partial charge in [0.15, 0.2) is 21.6 Å². The number of unbranched alkanes of at least 4 members (excludes halogenated alkanes) is 1. The van der Waals surface area contributed by atoms with Crippen LogP contribution in [0.5, 0.6) is 11.5 Å². The third kappa shape index (κ3) is 6.20. The third-order valence-electron chi connectivity index (χ3n) is 7.89. The predicted octanol–water partition coefficient (Wildman–Crippen LogP) is 7.05. The van der Waals surface area contributed by atoms with Crippen LogP contribution >= 0.6 is 23.1 Å². The number of anilines is 1. The van der Waals surface area contributed by atoms with E-state index in [2.05, 4.69) is 22.1 Å². The zero-order chi connectivity index (χ0) is 33.2. The van der Waals surface area contributed by atoms with Gasteiger partial charge in [-0.25, -0.2) is 9.37 Å². The van der Waals surface area contributed by atoms with Crippen LogP contribution in [-0.4, -0.2) is 50.1 Å². The second-order valence-electron chi connectivity index (χ2n) is 11.0. The maximum Gasteiger partial charge on any atom is 0.301 e. The first-order chi connectivity index (χ1) is 22.7. The van der Waals surface area contributed by atoms with Crippen molar-refractivity contribution in [3.63, 3.8) is 0 Å². The van der Waals surface area contributed by atoms with Crippen LogP contribution in [0.3, 0.4) is 0 Å². The molecule has 1 unspecified atom stereocenters. The van der Waals surface area contributed by atoms with Gasteiger partial charge in [0.1, 0.15) is 17.2 Å². The van der Waals surface area contributed by atoms with Crippen LogP contribution in [0.2, 0.25) is 0 Å². The number of amides is 1. The molecule has 1 saturated heterocycles. The summed E-state index contributed by atoms with van der Waals surface area (Å²) >= 11 is 2.52. The van der Waals surface area contributed by atoms with E-state index in [4.69, 9.17) is 9.47 Å². The monoisotopic (exact) mass is 673 g/mol. The van der Waals surface area contributed by atoms with Crippen molar-refractivity contribution < 1.29 is 28.6 Å². The average Bonchev–Trinajstić information content (AvgIpc) is 3.75. The first-order valence-electron chi connectivity index (χ1n) is 15.0. The predicted molar refractivity (Wildman–Crippen MR) is 179 cm³/mol. The normalized spacial score (nSPS) is 15.9. The zero-order valence-corrected chi connectivity index (χ0v) is 27.8. The Balaban J connectivity index is 1.44. The van der Waals surface area contributed by atoms with Gasteiger partial charge < -0.3 is 19.0 Å². The Bertz CT molecular complexity index is 2010. The number of fused-ring (bicyclic) bond motifs is 1. The highest BCUT2D eigenvalue weighted by Gasteiger charge is 2.49. The molecule has 1 aliphatic rings. The summed E-state index contributed by atoms with van der Waals surface area (Å²) in [7, 11) is 1.51. The zero-order valence-electron chi connectivity index (χ0n) is 26.2. The van der Waals surface area contributed by atoms with Crippen molar-refractivity contribution in [2.24, 2.45) is 0 Å². The summed E-state index contributed by atoms with van der Waals surface area (Å²) < 4.78 is 27.3. The maximum absolute atomic E-state index is 13.8. The van der Waals surface area contributed by atoms with Crippen molar-refractivity contribution in [3.8, 4) is 11.5 Å². The van der Waals surface area contributed by atoms with E-state index in [0.29, 0.717) is 45.1 Å². The second kappa shape index (κ2) is 13.5. The largest absolute Gasteiger partial charge is 0.505 e. The Morgan fingerprint density at radius 2 is 1.87 bits per heavy atom. The number of rotatable bonds is 11. The smallest absolute Gasteiger partial charge is 0.301 e. The highest BCUT2D eigenvalue weighted by Crippen LogP contribution is 2.46. The van der Waals surface area contributed by atoms with E-state index in [1.165, 1.54) is 35.9 Å². The Morgan fingerprint density at radius 1 is 1.09 bits per heavy atom. The van der Waals surface area contributed by atoms with E-state index < -0.39 is 23.5 Å². The molecule has 0 saturated carbocycles. The molecule has 0 radical (unpaired) electrons. The second-order valence-corrected chi connectivity index (χ2v) is 13.2. The number of imidazole rings is 1. The first kappa shape index (κ1) is 32.2. The highest BCUT2D eigenvalue weighted by atomic mass is 32.2. The number of carbonyl (C=O) groups excluding carboxylic acids is 2. The fourth-order valence-electron chi connectivity index (χ4n) is 5.40. The minimum atomic E-state index is -1.07. The number of thioether (sulfide) groups is 1. The van der Waals surface area contributed by atoms with Gasteiger partial charge >= 0.3 is 5.91 Å². The molecule has 47 heavy (non-hydrogen) atoms. The molecule has 10 nitrogen and oxygen atoms in total. The van der Waals surface area contributed by atoms with Gasteiger partial charge in [0.05, 0.1) is 31.0 Å². The minimum absolute atomic E-state index is 0.128. The standard InChI is InChI=1S/C34H32FN5O5S2/c1-5-6-16-45-24-14-11-22(17-25(24)44-4)28-26(29(41)27-20(3)39-15-7-8-19(2)31(39)36-27)30(42)32(43)40(28)33-37-38-34(47-33)46-18-21-9-12-23(35)13-10-21/h7-15,17,28,41H,5-6,16,18H2,1-4H3/b29-26+. The maximum atomic E-state index is 13.8. The van der Waals surface area contributed by atoms with Gasteiger partial charge in [0, 0.05) is 11.9 Å². The summed E-state index contributed by atoms with van der Waals surface area (Å²) in [5.41, 5.74) is 3.57. The third-order valence-corrected chi connectivity index (χ3v) is 10.0.